The molecule has 1 saturated heterocycles. The van der Waals surface area contributed by atoms with E-state index < -0.39 is 9.84 Å². The largest absolute Gasteiger partial charge is 0.383 e. The van der Waals surface area contributed by atoms with Crippen molar-refractivity contribution >= 4 is 9.84 Å². The fraction of sp³-hybridized carbons (Fsp3) is 1.00. The molecule has 1 aliphatic heterocycles. The molecule has 0 spiro atoms. The summed E-state index contributed by atoms with van der Waals surface area (Å²) in [5.41, 5.74) is 0. The van der Waals surface area contributed by atoms with Crippen LogP contribution >= 0.6 is 0 Å². The topological polar surface area (TPSA) is 49.9 Å². The van der Waals surface area contributed by atoms with Gasteiger partial charge in [0.2, 0.25) is 0 Å². The van der Waals surface area contributed by atoms with Gasteiger partial charge in [0.25, 0.3) is 0 Å². The van der Waals surface area contributed by atoms with Crippen LogP contribution < -0.4 is 0 Å². The highest BCUT2D eigenvalue weighted by molar-refractivity contribution is 7.90. The van der Waals surface area contributed by atoms with E-state index in [1.165, 1.54) is 6.26 Å². The van der Waals surface area contributed by atoms with E-state index in [4.69, 9.17) is 4.74 Å². The van der Waals surface area contributed by atoms with E-state index in [1.54, 1.807) is 7.11 Å². The lowest BCUT2D eigenvalue weighted by Gasteiger charge is -2.41. The molecule has 0 aromatic rings. The minimum atomic E-state index is -2.85. The van der Waals surface area contributed by atoms with Crippen molar-refractivity contribution in [2.24, 2.45) is 0 Å². The van der Waals surface area contributed by atoms with E-state index in [0.29, 0.717) is 12.6 Å². The van der Waals surface area contributed by atoms with Crippen molar-refractivity contribution in [1.29, 1.82) is 0 Å². The molecule has 0 aliphatic carbocycles. The Labute approximate surface area is 111 Å². The molecule has 0 radical (unpaired) electrons. The second kappa shape index (κ2) is 7.43. The second-order valence-corrected chi connectivity index (χ2v) is 7.28. The molecule has 6 heteroatoms. The van der Waals surface area contributed by atoms with E-state index in [-0.39, 0.29) is 5.75 Å². The lowest BCUT2D eigenvalue weighted by Crippen LogP contribution is -2.54. The summed E-state index contributed by atoms with van der Waals surface area (Å²) in [6, 6.07) is 0.522. The van der Waals surface area contributed by atoms with E-state index in [9.17, 15) is 8.42 Å². The van der Waals surface area contributed by atoms with Crippen molar-refractivity contribution in [3.8, 4) is 0 Å². The first-order valence-corrected chi connectivity index (χ1v) is 8.65. The van der Waals surface area contributed by atoms with E-state index in [0.717, 1.165) is 39.2 Å². The van der Waals surface area contributed by atoms with E-state index in [2.05, 4.69) is 16.7 Å². The summed E-state index contributed by atoms with van der Waals surface area (Å²) in [6.07, 6.45) is 2.40. The first-order chi connectivity index (χ1) is 8.46. The van der Waals surface area contributed by atoms with Crippen molar-refractivity contribution in [1.82, 2.24) is 9.80 Å². The monoisotopic (exact) mass is 278 g/mol. The third kappa shape index (κ3) is 5.65. The van der Waals surface area contributed by atoms with Crippen molar-refractivity contribution in [2.45, 2.75) is 19.4 Å². The first kappa shape index (κ1) is 15.9. The minimum Gasteiger partial charge on any atom is -0.383 e. The van der Waals surface area contributed by atoms with Gasteiger partial charge in [-0.25, -0.2) is 8.42 Å². The van der Waals surface area contributed by atoms with Crippen LogP contribution in [0, 0.1) is 0 Å². The van der Waals surface area contributed by atoms with Gasteiger partial charge in [0.15, 0.2) is 0 Å². The molecule has 0 aromatic heterocycles. The molecule has 0 N–H and O–H groups in total. The number of hydrogen-bond acceptors (Lipinski definition) is 5. The molecular weight excluding hydrogens is 252 g/mol. The van der Waals surface area contributed by atoms with E-state index in [1.807, 2.05) is 0 Å². The summed E-state index contributed by atoms with van der Waals surface area (Å²) in [4.78, 5) is 4.71. The Kier molecular flexibility index (Phi) is 6.55. The quantitative estimate of drug-likeness (QED) is 0.660. The molecular formula is C12H26N2O3S. The molecule has 0 unspecified atom stereocenters. The maximum Gasteiger partial charge on any atom is 0.148 e. The minimum absolute atomic E-state index is 0.265. The lowest BCUT2D eigenvalue weighted by molar-refractivity contribution is 0.0524. The van der Waals surface area contributed by atoms with Crippen LogP contribution in [0.15, 0.2) is 0 Å². The third-order valence-corrected chi connectivity index (χ3v) is 4.45. The Bertz CT molecular complexity index is 332. The number of rotatable bonds is 7. The number of nitrogens with zero attached hydrogens (tertiary/aromatic N) is 2. The molecule has 0 bridgehead atoms. The predicted molar refractivity (Wildman–Crippen MR) is 73.7 cm³/mol. The Hall–Kier alpha value is -0.170. The van der Waals surface area contributed by atoms with Gasteiger partial charge >= 0.3 is 0 Å². The average Bonchev–Trinajstić information content (AvgIpc) is 2.33. The average molecular weight is 278 g/mol. The van der Waals surface area contributed by atoms with Gasteiger partial charge in [0, 0.05) is 52.1 Å². The van der Waals surface area contributed by atoms with Gasteiger partial charge in [0.05, 0.1) is 12.4 Å². The molecule has 1 atom stereocenters. The molecule has 0 amide bonds. The van der Waals surface area contributed by atoms with Crippen molar-refractivity contribution < 1.29 is 13.2 Å². The standard InChI is InChI=1S/C12H26N2O3S/c1-4-12-11-13(8-10-18(3,15)16)5-6-14(12)7-9-17-2/h12H,4-11H2,1-3H3/t12-/m1/s1. The first-order valence-electron chi connectivity index (χ1n) is 6.59. The van der Waals surface area contributed by atoms with Gasteiger partial charge in [-0.3, -0.25) is 9.80 Å². The predicted octanol–water partition coefficient (Wildman–Crippen LogP) is 0.0736. The number of hydrogen-bond donors (Lipinski definition) is 0. The summed E-state index contributed by atoms with van der Waals surface area (Å²) in [5, 5.41) is 0. The van der Waals surface area contributed by atoms with Gasteiger partial charge in [0.1, 0.15) is 9.84 Å². The van der Waals surface area contributed by atoms with Gasteiger partial charge < -0.3 is 4.74 Å². The Morgan fingerprint density at radius 2 is 2.00 bits per heavy atom. The molecule has 1 rings (SSSR count). The normalized spacial score (nSPS) is 23.4. The smallest absolute Gasteiger partial charge is 0.148 e. The van der Waals surface area contributed by atoms with Crippen LogP contribution in [-0.2, 0) is 14.6 Å². The van der Waals surface area contributed by atoms with Crippen LogP contribution in [0.3, 0.4) is 0 Å². The fourth-order valence-corrected chi connectivity index (χ4v) is 2.94. The zero-order valence-electron chi connectivity index (χ0n) is 11.8. The van der Waals surface area contributed by atoms with Crippen LogP contribution in [0.5, 0.6) is 0 Å². The van der Waals surface area contributed by atoms with Crippen LogP contribution in [-0.4, -0.2) is 82.7 Å². The molecule has 18 heavy (non-hydrogen) atoms. The Morgan fingerprint density at radius 1 is 1.28 bits per heavy atom. The fourth-order valence-electron chi connectivity index (χ4n) is 2.35. The molecule has 0 aromatic carbocycles. The number of piperazine rings is 1. The van der Waals surface area contributed by atoms with Crippen molar-refractivity contribution in [3.05, 3.63) is 0 Å². The number of ether oxygens (including phenoxy) is 1. The zero-order valence-corrected chi connectivity index (χ0v) is 12.6. The molecule has 1 aliphatic rings. The van der Waals surface area contributed by atoms with Crippen LogP contribution in [0.2, 0.25) is 0 Å². The third-order valence-electron chi connectivity index (χ3n) is 3.52. The van der Waals surface area contributed by atoms with Crippen LogP contribution in [0.4, 0.5) is 0 Å². The highest BCUT2D eigenvalue weighted by atomic mass is 32.2. The number of sulfone groups is 1. The van der Waals surface area contributed by atoms with Crippen LogP contribution in [0.25, 0.3) is 0 Å². The van der Waals surface area contributed by atoms with Crippen LogP contribution in [0.1, 0.15) is 13.3 Å². The summed E-state index contributed by atoms with van der Waals surface area (Å²) in [5.74, 6) is 0.265. The summed E-state index contributed by atoms with van der Waals surface area (Å²) >= 11 is 0. The molecule has 1 fully saturated rings. The molecule has 1 heterocycles. The SMILES string of the molecule is CC[C@@H]1CN(CCS(C)(=O)=O)CCN1CCOC. The maximum atomic E-state index is 11.2. The summed E-state index contributed by atoms with van der Waals surface area (Å²) < 4.78 is 27.5. The van der Waals surface area contributed by atoms with Crippen molar-refractivity contribution in [2.75, 3.05) is 58.4 Å². The highest BCUT2D eigenvalue weighted by Crippen LogP contribution is 2.12. The molecule has 5 nitrogen and oxygen atoms in total. The molecule has 108 valence electrons. The van der Waals surface area contributed by atoms with Gasteiger partial charge in [-0.1, -0.05) is 6.92 Å². The zero-order chi connectivity index (χ0) is 13.6. The number of methoxy groups -OCH3 is 1. The lowest BCUT2D eigenvalue weighted by atomic mass is 10.1. The Balaban J connectivity index is 2.40. The highest BCUT2D eigenvalue weighted by Gasteiger charge is 2.25. The van der Waals surface area contributed by atoms with Gasteiger partial charge in [-0.05, 0) is 6.42 Å². The van der Waals surface area contributed by atoms with E-state index >= 15 is 0 Å². The Morgan fingerprint density at radius 3 is 2.56 bits per heavy atom. The molecule has 0 saturated carbocycles. The van der Waals surface area contributed by atoms with Crippen molar-refractivity contribution in [3.63, 3.8) is 0 Å². The van der Waals surface area contributed by atoms with Gasteiger partial charge in [-0.2, -0.15) is 0 Å². The van der Waals surface area contributed by atoms with Gasteiger partial charge in [-0.15, -0.1) is 0 Å². The second-order valence-electron chi connectivity index (χ2n) is 5.02. The summed E-state index contributed by atoms with van der Waals surface area (Å²) in [6.45, 7) is 7.50. The summed E-state index contributed by atoms with van der Waals surface area (Å²) in [7, 11) is -1.13. The maximum absolute atomic E-state index is 11.2.